The van der Waals surface area contributed by atoms with E-state index in [1.165, 1.54) is 16.8 Å². The number of aryl methyl sites for hydroxylation is 1. The Labute approximate surface area is 172 Å². The van der Waals surface area contributed by atoms with Crippen molar-refractivity contribution in [2.45, 2.75) is 25.6 Å². The first-order valence-electron chi connectivity index (χ1n) is 9.97. The van der Waals surface area contributed by atoms with Crippen LogP contribution in [-0.4, -0.2) is 37.3 Å². The molecule has 0 fully saturated rings. The fourth-order valence-electron chi connectivity index (χ4n) is 4.25. The monoisotopic (exact) mass is 392 g/mol. The standard InChI is InChI=1S/C24H28N2O3/c1-27-19-14-18(15-20(16-19)28-2)17-26-13-7-12-25-11-6-9-22(25)24(26)21-8-4-5-10-23(21)29-3/h4-6,8-11,14-16,24H,7,12-13,17H2,1-3H3. The molecule has 1 aliphatic rings. The van der Waals surface area contributed by atoms with Gasteiger partial charge in [0.2, 0.25) is 0 Å². The molecule has 0 N–H and O–H groups in total. The van der Waals surface area contributed by atoms with Crippen molar-refractivity contribution in [1.29, 1.82) is 0 Å². The number of hydrogen-bond acceptors (Lipinski definition) is 4. The lowest BCUT2D eigenvalue weighted by Crippen LogP contribution is -2.29. The van der Waals surface area contributed by atoms with Crippen molar-refractivity contribution in [2.24, 2.45) is 0 Å². The third kappa shape index (κ3) is 3.96. The van der Waals surface area contributed by atoms with Gasteiger partial charge in [-0.15, -0.1) is 0 Å². The van der Waals surface area contributed by atoms with Crippen LogP contribution in [0.3, 0.4) is 0 Å². The van der Waals surface area contributed by atoms with Gasteiger partial charge in [-0.1, -0.05) is 18.2 Å². The summed E-state index contributed by atoms with van der Waals surface area (Å²) in [6, 6.07) is 18.9. The summed E-state index contributed by atoms with van der Waals surface area (Å²) in [5.41, 5.74) is 3.65. The van der Waals surface area contributed by atoms with E-state index in [0.29, 0.717) is 0 Å². The van der Waals surface area contributed by atoms with E-state index in [2.05, 4.69) is 52.1 Å². The molecule has 1 aromatic heterocycles. The number of rotatable bonds is 6. The van der Waals surface area contributed by atoms with Gasteiger partial charge in [0.15, 0.2) is 0 Å². The Morgan fingerprint density at radius 1 is 0.862 bits per heavy atom. The van der Waals surface area contributed by atoms with Gasteiger partial charge in [-0.05, 0) is 42.3 Å². The van der Waals surface area contributed by atoms with Crippen molar-refractivity contribution in [2.75, 3.05) is 27.9 Å². The van der Waals surface area contributed by atoms with E-state index in [1.54, 1.807) is 21.3 Å². The second-order valence-electron chi connectivity index (χ2n) is 7.32. The SMILES string of the molecule is COc1cc(CN2CCCn3cccc3C2c2ccccc2OC)cc(OC)c1. The minimum atomic E-state index is 0.112. The molecule has 0 aliphatic carbocycles. The molecule has 29 heavy (non-hydrogen) atoms. The molecule has 0 spiro atoms. The van der Waals surface area contributed by atoms with Gasteiger partial charge < -0.3 is 18.8 Å². The number of ether oxygens (including phenoxy) is 3. The molecule has 0 bridgehead atoms. The first-order chi connectivity index (χ1) is 14.2. The summed E-state index contributed by atoms with van der Waals surface area (Å²) in [6.45, 7) is 2.80. The summed E-state index contributed by atoms with van der Waals surface area (Å²) in [5, 5.41) is 0. The maximum Gasteiger partial charge on any atom is 0.124 e. The summed E-state index contributed by atoms with van der Waals surface area (Å²) in [7, 11) is 5.12. The van der Waals surface area contributed by atoms with Crippen LogP contribution in [0.15, 0.2) is 60.8 Å². The normalized spacial score (nSPS) is 16.7. The van der Waals surface area contributed by atoms with Gasteiger partial charge in [-0.2, -0.15) is 0 Å². The summed E-state index contributed by atoms with van der Waals surface area (Å²) in [6.07, 6.45) is 3.27. The predicted octanol–water partition coefficient (Wildman–Crippen LogP) is 4.51. The number of hydrogen-bond donors (Lipinski definition) is 0. The third-order valence-electron chi connectivity index (χ3n) is 5.58. The van der Waals surface area contributed by atoms with E-state index >= 15 is 0 Å². The molecule has 0 radical (unpaired) electrons. The summed E-state index contributed by atoms with van der Waals surface area (Å²) in [4.78, 5) is 2.52. The average Bonchev–Trinajstić information content (AvgIpc) is 3.15. The van der Waals surface area contributed by atoms with Crippen LogP contribution in [0.25, 0.3) is 0 Å². The fourth-order valence-corrected chi connectivity index (χ4v) is 4.25. The number of fused-ring (bicyclic) bond motifs is 1. The largest absolute Gasteiger partial charge is 0.497 e. The van der Waals surface area contributed by atoms with Crippen LogP contribution in [0, 0.1) is 0 Å². The zero-order valence-corrected chi connectivity index (χ0v) is 17.3. The molecule has 2 aromatic carbocycles. The number of nitrogens with zero attached hydrogens (tertiary/aromatic N) is 2. The van der Waals surface area contributed by atoms with Crippen molar-refractivity contribution in [3.8, 4) is 17.2 Å². The second kappa shape index (κ2) is 8.62. The van der Waals surface area contributed by atoms with Crippen LogP contribution in [0.5, 0.6) is 17.2 Å². The van der Waals surface area contributed by atoms with Crippen molar-refractivity contribution < 1.29 is 14.2 Å². The quantitative estimate of drug-likeness (QED) is 0.618. The maximum absolute atomic E-state index is 5.73. The first kappa shape index (κ1) is 19.4. The van der Waals surface area contributed by atoms with Crippen molar-refractivity contribution in [1.82, 2.24) is 9.47 Å². The lowest BCUT2D eigenvalue weighted by atomic mass is 10.00. The van der Waals surface area contributed by atoms with Gasteiger partial charge in [0.25, 0.3) is 0 Å². The van der Waals surface area contributed by atoms with Crippen LogP contribution in [0.2, 0.25) is 0 Å². The lowest BCUT2D eigenvalue weighted by Gasteiger charge is -2.31. The Bertz CT molecular complexity index is 944. The highest BCUT2D eigenvalue weighted by Crippen LogP contribution is 2.38. The third-order valence-corrected chi connectivity index (χ3v) is 5.58. The molecule has 4 rings (SSSR count). The van der Waals surface area contributed by atoms with Gasteiger partial charge >= 0.3 is 0 Å². The molecular formula is C24H28N2O3. The Morgan fingerprint density at radius 3 is 2.34 bits per heavy atom. The van der Waals surface area contributed by atoms with Crippen LogP contribution in [0.4, 0.5) is 0 Å². The number of aromatic nitrogens is 1. The van der Waals surface area contributed by atoms with Crippen LogP contribution >= 0.6 is 0 Å². The van der Waals surface area contributed by atoms with E-state index < -0.39 is 0 Å². The predicted molar refractivity (Wildman–Crippen MR) is 114 cm³/mol. The second-order valence-corrected chi connectivity index (χ2v) is 7.32. The zero-order chi connectivity index (χ0) is 20.2. The van der Waals surface area contributed by atoms with Crippen molar-refractivity contribution >= 4 is 0 Å². The Hall–Kier alpha value is -2.92. The molecule has 152 valence electrons. The van der Waals surface area contributed by atoms with Crippen molar-refractivity contribution in [3.05, 3.63) is 77.6 Å². The molecule has 5 nitrogen and oxygen atoms in total. The van der Waals surface area contributed by atoms with E-state index in [9.17, 15) is 0 Å². The van der Waals surface area contributed by atoms with Crippen LogP contribution < -0.4 is 14.2 Å². The summed E-state index contributed by atoms with van der Waals surface area (Å²) >= 11 is 0. The van der Waals surface area contributed by atoms with E-state index in [1.807, 2.05) is 18.2 Å². The van der Waals surface area contributed by atoms with Gasteiger partial charge in [-0.3, -0.25) is 4.90 Å². The molecule has 3 aromatic rings. The topological polar surface area (TPSA) is 35.9 Å². The van der Waals surface area contributed by atoms with Gasteiger partial charge in [0.1, 0.15) is 17.2 Å². The van der Waals surface area contributed by atoms with Gasteiger partial charge in [-0.25, -0.2) is 0 Å². The minimum Gasteiger partial charge on any atom is -0.497 e. The minimum absolute atomic E-state index is 0.112. The highest BCUT2D eigenvalue weighted by Gasteiger charge is 2.29. The smallest absolute Gasteiger partial charge is 0.124 e. The molecule has 0 saturated heterocycles. The Kier molecular flexibility index (Phi) is 5.76. The molecule has 1 atom stereocenters. The lowest BCUT2D eigenvalue weighted by molar-refractivity contribution is 0.216. The molecule has 1 unspecified atom stereocenters. The van der Waals surface area contributed by atoms with Gasteiger partial charge in [0.05, 0.1) is 27.4 Å². The number of benzene rings is 2. The van der Waals surface area contributed by atoms with Crippen LogP contribution in [0.1, 0.15) is 29.3 Å². The summed E-state index contributed by atoms with van der Waals surface area (Å²) < 4.78 is 19.1. The van der Waals surface area contributed by atoms with E-state index in [-0.39, 0.29) is 6.04 Å². The highest BCUT2D eigenvalue weighted by atomic mass is 16.5. The van der Waals surface area contributed by atoms with Gasteiger partial charge in [0, 0.05) is 43.2 Å². The molecule has 1 aliphatic heterocycles. The van der Waals surface area contributed by atoms with E-state index in [0.717, 1.165) is 43.3 Å². The Balaban J connectivity index is 1.77. The van der Waals surface area contributed by atoms with Crippen molar-refractivity contribution in [3.63, 3.8) is 0 Å². The van der Waals surface area contributed by atoms with Crippen LogP contribution in [-0.2, 0) is 13.1 Å². The Morgan fingerprint density at radius 2 is 1.62 bits per heavy atom. The maximum atomic E-state index is 5.73. The first-order valence-corrected chi connectivity index (χ1v) is 9.97. The zero-order valence-electron chi connectivity index (χ0n) is 17.3. The average molecular weight is 392 g/mol. The molecular weight excluding hydrogens is 364 g/mol. The number of para-hydroxylation sites is 1. The molecule has 0 amide bonds. The van der Waals surface area contributed by atoms with E-state index in [4.69, 9.17) is 14.2 Å². The molecule has 2 heterocycles. The fraction of sp³-hybridized carbons (Fsp3) is 0.333. The number of methoxy groups -OCH3 is 3. The molecule has 0 saturated carbocycles. The summed E-state index contributed by atoms with van der Waals surface area (Å²) in [5.74, 6) is 2.54. The highest BCUT2D eigenvalue weighted by molar-refractivity contribution is 5.42. The molecule has 5 heteroatoms.